The van der Waals surface area contributed by atoms with Crippen molar-refractivity contribution in [1.82, 2.24) is 5.32 Å². The Morgan fingerprint density at radius 2 is 1.76 bits per heavy atom. The summed E-state index contributed by atoms with van der Waals surface area (Å²) >= 11 is 0. The Morgan fingerprint density at radius 1 is 1.07 bits per heavy atom. The number of methoxy groups -OCH3 is 1. The fourth-order valence-electron chi connectivity index (χ4n) is 7.05. The molecule has 0 aromatic heterocycles. The molecule has 1 fully saturated rings. The zero-order valence-electron chi connectivity index (χ0n) is 26.8. The van der Waals surface area contributed by atoms with E-state index in [2.05, 4.69) is 25.7 Å². The van der Waals surface area contributed by atoms with Crippen LogP contribution in [0.4, 0.5) is 0 Å². The number of nitrogens with one attached hydrogen (secondary N) is 1. The molecule has 0 aromatic carbocycles. The van der Waals surface area contributed by atoms with E-state index < -0.39 is 17.9 Å². The maximum Gasteiger partial charge on any atom is 1.00 e. The first-order valence-corrected chi connectivity index (χ1v) is 14.9. The summed E-state index contributed by atoms with van der Waals surface area (Å²) in [6, 6.07) is 0. The van der Waals surface area contributed by atoms with Gasteiger partial charge in [-0.05, 0) is 80.6 Å². The number of allylic oxidation sites excluding steroid dienone is 11. The second kappa shape index (κ2) is 12.2. The standard InChI is InChI=1S/C35H36N4O5.Na/c1-8-19-15(3)22-12-24-17(5)21(10-11-28(40)41)32(38-24)30-31(35(43)44-7)34(42)29-18(6)25(39-33(29)30)14-27-20(9-2)16(4)23(37-27)13-26(19)36-22;/h8,12-14,17,21,31,38,42H,1,9-11H2,2-7H3,(H,40,41);/q;+1/p-1/t17-,21-,31+;/m0./s1. The quantitative estimate of drug-likeness (QED) is 0.346. The van der Waals surface area contributed by atoms with Crippen molar-refractivity contribution in [2.24, 2.45) is 32.7 Å². The van der Waals surface area contributed by atoms with Crippen LogP contribution in [0.15, 0.2) is 119 Å². The molecule has 8 bridgehead atoms. The third kappa shape index (κ3) is 5.11. The second-order valence-corrected chi connectivity index (χ2v) is 11.8. The molecule has 6 rings (SSSR count). The van der Waals surface area contributed by atoms with Gasteiger partial charge in [-0.15, -0.1) is 0 Å². The van der Waals surface area contributed by atoms with Crippen LogP contribution in [0.25, 0.3) is 0 Å². The van der Waals surface area contributed by atoms with E-state index >= 15 is 0 Å². The van der Waals surface area contributed by atoms with E-state index in [9.17, 15) is 19.8 Å². The molecule has 0 amide bonds. The van der Waals surface area contributed by atoms with Gasteiger partial charge < -0.3 is 25.1 Å². The zero-order valence-corrected chi connectivity index (χ0v) is 28.8. The van der Waals surface area contributed by atoms with Crippen LogP contribution < -0.4 is 40.0 Å². The minimum atomic E-state index is -1.16. The van der Waals surface area contributed by atoms with Gasteiger partial charge in [0, 0.05) is 45.9 Å². The van der Waals surface area contributed by atoms with E-state index in [1.807, 2.05) is 39.0 Å². The van der Waals surface area contributed by atoms with Gasteiger partial charge in [-0.3, -0.25) is 4.79 Å². The Balaban J connectivity index is 0.00000400. The molecule has 1 aliphatic carbocycles. The third-order valence-electron chi connectivity index (χ3n) is 9.52. The number of aliphatic imine (C=N–C) groups is 3. The van der Waals surface area contributed by atoms with Crippen molar-refractivity contribution in [3.05, 3.63) is 104 Å². The molecule has 2 N–H and O–H groups in total. The number of carbonyl (C=O) groups excluding carboxylic acids is 2. The monoisotopic (exact) mass is 614 g/mol. The number of aliphatic hydroxyl groups is 1. The first-order valence-electron chi connectivity index (χ1n) is 14.9. The fourth-order valence-corrected chi connectivity index (χ4v) is 7.05. The Labute approximate surface area is 285 Å². The molecule has 10 heteroatoms. The minimum absolute atomic E-state index is 0. The van der Waals surface area contributed by atoms with Gasteiger partial charge in [-0.2, -0.15) is 0 Å². The largest absolute Gasteiger partial charge is 1.00 e. The molecule has 0 saturated carbocycles. The van der Waals surface area contributed by atoms with Crippen molar-refractivity contribution in [1.29, 1.82) is 0 Å². The number of hydrogen-bond acceptors (Lipinski definition) is 9. The average molecular weight is 615 g/mol. The number of ether oxygens (including phenoxy) is 1. The van der Waals surface area contributed by atoms with Gasteiger partial charge >= 0.3 is 35.5 Å². The molecule has 3 atom stereocenters. The van der Waals surface area contributed by atoms with Gasteiger partial charge in [0.15, 0.2) is 0 Å². The van der Waals surface area contributed by atoms with Crippen LogP contribution in [0.5, 0.6) is 0 Å². The number of aliphatic hydroxyl groups excluding tert-OH is 1. The molecule has 6 aliphatic rings. The molecular weight excluding hydrogens is 579 g/mol. The molecule has 0 unspecified atom stereocenters. The molecule has 0 spiro atoms. The summed E-state index contributed by atoms with van der Waals surface area (Å²) in [6.45, 7) is 14.1. The van der Waals surface area contributed by atoms with Crippen LogP contribution >= 0.6 is 0 Å². The Bertz CT molecular complexity index is 1820. The number of fused-ring (bicyclic) bond motifs is 5. The number of esters is 1. The SMILES string of the molecule is C=CC1=C(C)C2=NC1=CC1=NC(=CC3=C(C)C4=C(O)[C@H](C(=O)OC)C(=C5NC(=C2)[C@@H](C)[C@@H]5CCC(=O)[O-])C4=N3)C(CC)=C1C.[Na+]. The van der Waals surface area contributed by atoms with E-state index in [0.29, 0.717) is 28.3 Å². The number of hydrogen-bond donors (Lipinski definition) is 2. The first kappa shape index (κ1) is 32.6. The van der Waals surface area contributed by atoms with Crippen LogP contribution in [-0.2, 0) is 14.3 Å². The first-order chi connectivity index (χ1) is 21.0. The molecule has 0 radical (unpaired) electrons. The molecule has 5 heterocycles. The molecular formula is C35H35N4NaO5. The molecule has 5 aliphatic heterocycles. The van der Waals surface area contributed by atoms with Crippen molar-refractivity contribution in [3.8, 4) is 0 Å². The predicted octanol–water partition coefficient (Wildman–Crippen LogP) is 1.78. The molecule has 0 aromatic rings. The van der Waals surface area contributed by atoms with Gasteiger partial charge in [-0.25, -0.2) is 15.0 Å². The van der Waals surface area contributed by atoms with Crippen molar-refractivity contribution in [2.75, 3.05) is 7.11 Å². The number of carboxylic acids is 1. The fraction of sp³-hybridized carbons (Fsp3) is 0.343. The van der Waals surface area contributed by atoms with Crippen molar-refractivity contribution < 1.29 is 54.1 Å². The summed E-state index contributed by atoms with van der Waals surface area (Å²) < 4.78 is 5.16. The van der Waals surface area contributed by atoms with Gasteiger partial charge in [0.2, 0.25) is 0 Å². The number of nitrogens with zero attached hydrogens (tertiary/aromatic N) is 3. The van der Waals surface area contributed by atoms with Crippen LogP contribution in [0.1, 0.15) is 53.9 Å². The van der Waals surface area contributed by atoms with Gasteiger partial charge in [0.1, 0.15) is 11.7 Å². The summed E-state index contributed by atoms with van der Waals surface area (Å²) in [5, 5.41) is 26.7. The molecule has 45 heavy (non-hydrogen) atoms. The Hall–Kier alpha value is -3.79. The van der Waals surface area contributed by atoms with E-state index in [0.717, 1.165) is 62.8 Å². The smallest absolute Gasteiger partial charge is 0.550 e. The summed E-state index contributed by atoms with van der Waals surface area (Å²) in [5.41, 5.74) is 11.4. The summed E-state index contributed by atoms with van der Waals surface area (Å²) in [7, 11) is 1.28. The van der Waals surface area contributed by atoms with Crippen LogP contribution in [0.3, 0.4) is 0 Å². The van der Waals surface area contributed by atoms with Crippen molar-refractivity contribution in [2.45, 2.75) is 53.9 Å². The van der Waals surface area contributed by atoms with Crippen LogP contribution in [0, 0.1) is 17.8 Å². The molecule has 226 valence electrons. The van der Waals surface area contributed by atoms with Gasteiger partial charge in [0.25, 0.3) is 0 Å². The maximum atomic E-state index is 13.2. The van der Waals surface area contributed by atoms with E-state index in [-0.39, 0.29) is 60.0 Å². The Morgan fingerprint density at radius 3 is 2.40 bits per heavy atom. The predicted molar refractivity (Wildman–Crippen MR) is 167 cm³/mol. The number of rotatable bonds is 6. The number of carboxylic acid groups (broad SMARTS) is 1. The van der Waals surface area contributed by atoms with Gasteiger partial charge in [-0.1, -0.05) is 26.5 Å². The molecule has 9 nitrogen and oxygen atoms in total. The number of carbonyl (C=O) groups is 2. The van der Waals surface area contributed by atoms with Gasteiger partial charge in [0.05, 0.1) is 41.3 Å². The van der Waals surface area contributed by atoms with Crippen molar-refractivity contribution >= 4 is 29.1 Å². The normalized spacial score (nSPS) is 25.1. The minimum Gasteiger partial charge on any atom is -0.550 e. The van der Waals surface area contributed by atoms with Crippen LogP contribution in [-0.4, -0.2) is 41.3 Å². The Kier molecular flexibility index (Phi) is 8.83. The van der Waals surface area contributed by atoms with Crippen LogP contribution in [0.2, 0.25) is 0 Å². The maximum absolute atomic E-state index is 13.2. The topological polar surface area (TPSA) is 136 Å². The molecule has 1 saturated heterocycles. The summed E-state index contributed by atoms with van der Waals surface area (Å²) in [6.07, 6.45) is 8.55. The second-order valence-electron chi connectivity index (χ2n) is 11.8. The summed E-state index contributed by atoms with van der Waals surface area (Å²) in [4.78, 5) is 39.8. The van der Waals surface area contributed by atoms with E-state index in [4.69, 9.17) is 19.7 Å². The zero-order chi connectivity index (χ0) is 31.6. The van der Waals surface area contributed by atoms with E-state index in [1.165, 1.54) is 7.11 Å². The van der Waals surface area contributed by atoms with E-state index in [1.54, 1.807) is 6.08 Å². The summed E-state index contributed by atoms with van der Waals surface area (Å²) in [5.74, 6) is -3.50. The average Bonchev–Trinajstić information content (AvgIpc) is 3.72. The van der Waals surface area contributed by atoms with Crippen molar-refractivity contribution in [3.63, 3.8) is 0 Å². The third-order valence-corrected chi connectivity index (χ3v) is 9.52. The number of aliphatic carboxylic acids is 1.